The molecular weight excluding hydrogens is 380 g/mol. The maximum Gasteiger partial charge on any atom is 0.281 e. The minimum atomic E-state index is -0.0171. The van der Waals surface area contributed by atoms with Crippen molar-refractivity contribution in [3.8, 4) is 5.75 Å². The molecule has 8 heteroatoms. The summed E-state index contributed by atoms with van der Waals surface area (Å²) >= 11 is 0. The fourth-order valence-electron chi connectivity index (χ4n) is 4.90. The zero-order chi connectivity index (χ0) is 21.0. The monoisotopic (exact) mass is 408 g/mol. The molecule has 5 rings (SSSR count). The molecule has 8 nitrogen and oxygen atoms in total. The van der Waals surface area contributed by atoms with Gasteiger partial charge in [-0.3, -0.25) is 19.2 Å². The van der Waals surface area contributed by atoms with E-state index in [1.165, 1.54) is 6.42 Å². The summed E-state index contributed by atoms with van der Waals surface area (Å²) in [5, 5.41) is 0. The number of carbonyl (C=O) groups excluding carboxylic acids is 1. The summed E-state index contributed by atoms with van der Waals surface area (Å²) in [7, 11) is 5.60. The number of guanidine groups is 1. The van der Waals surface area contributed by atoms with Gasteiger partial charge in [-0.1, -0.05) is 12.1 Å². The van der Waals surface area contributed by atoms with Crippen LogP contribution in [0.15, 0.2) is 29.3 Å². The Morgan fingerprint density at radius 1 is 1.20 bits per heavy atom. The molecule has 0 saturated heterocycles. The molecular formula is C22H28N6O2. The van der Waals surface area contributed by atoms with Gasteiger partial charge in [0.2, 0.25) is 11.9 Å². The molecule has 158 valence electrons. The third-order valence-electron chi connectivity index (χ3n) is 6.33. The highest BCUT2D eigenvalue weighted by Crippen LogP contribution is 2.42. The van der Waals surface area contributed by atoms with Crippen LogP contribution in [0.4, 0.5) is 11.8 Å². The molecule has 1 saturated carbocycles. The molecule has 2 atom stereocenters. The smallest absolute Gasteiger partial charge is 0.281 e. The van der Waals surface area contributed by atoms with E-state index in [2.05, 4.69) is 4.90 Å². The van der Waals surface area contributed by atoms with Crippen molar-refractivity contribution in [2.24, 2.45) is 4.99 Å². The highest BCUT2D eigenvalue weighted by molar-refractivity contribution is 6.18. The van der Waals surface area contributed by atoms with Gasteiger partial charge in [0.25, 0.3) is 5.91 Å². The lowest BCUT2D eigenvalue weighted by molar-refractivity contribution is 0.0836. The first-order valence-corrected chi connectivity index (χ1v) is 10.6. The number of amides is 1. The fourth-order valence-corrected chi connectivity index (χ4v) is 4.90. The zero-order valence-corrected chi connectivity index (χ0v) is 18.0. The van der Waals surface area contributed by atoms with Crippen LogP contribution in [0.1, 0.15) is 42.2 Å². The van der Waals surface area contributed by atoms with Crippen LogP contribution in [0.2, 0.25) is 0 Å². The molecule has 30 heavy (non-hydrogen) atoms. The number of nitrogens with zero attached hydrogens (tertiary/aromatic N) is 6. The number of ether oxygens (including phenoxy) is 1. The van der Waals surface area contributed by atoms with Crippen molar-refractivity contribution in [2.45, 2.75) is 44.8 Å². The Hall–Kier alpha value is -3.03. The summed E-state index contributed by atoms with van der Waals surface area (Å²) in [6.45, 7) is 3.17. The Kier molecular flexibility index (Phi) is 4.45. The molecule has 1 fully saturated rings. The Morgan fingerprint density at radius 2 is 1.97 bits per heavy atom. The number of methoxy groups -OCH3 is 1. The molecule has 2 aromatic rings. The molecule has 0 radical (unpaired) electrons. The van der Waals surface area contributed by atoms with Crippen molar-refractivity contribution < 1.29 is 9.53 Å². The van der Waals surface area contributed by atoms with Gasteiger partial charge in [-0.15, -0.1) is 0 Å². The van der Waals surface area contributed by atoms with Crippen molar-refractivity contribution in [2.75, 3.05) is 37.5 Å². The lowest BCUT2D eigenvalue weighted by Crippen LogP contribution is -2.53. The van der Waals surface area contributed by atoms with Gasteiger partial charge in [-0.05, 0) is 43.9 Å². The average molecular weight is 409 g/mol. The topological polar surface area (TPSA) is 66.2 Å². The first-order chi connectivity index (χ1) is 14.5. The van der Waals surface area contributed by atoms with Crippen molar-refractivity contribution in [1.29, 1.82) is 0 Å². The van der Waals surface area contributed by atoms with Crippen LogP contribution < -0.4 is 14.5 Å². The third-order valence-corrected chi connectivity index (χ3v) is 6.33. The maximum absolute atomic E-state index is 13.6. The second kappa shape index (κ2) is 7.04. The van der Waals surface area contributed by atoms with Crippen LogP contribution in [0.25, 0.3) is 0 Å². The van der Waals surface area contributed by atoms with E-state index in [-0.39, 0.29) is 11.9 Å². The van der Waals surface area contributed by atoms with Crippen molar-refractivity contribution in [1.82, 2.24) is 14.5 Å². The Labute approximate surface area is 176 Å². The van der Waals surface area contributed by atoms with Crippen LogP contribution in [0.5, 0.6) is 5.75 Å². The Bertz CT molecular complexity index is 1010. The number of aromatic nitrogens is 2. The summed E-state index contributed by atoms with van der Waals surface area (Å²) in [4.78, 5) is 29.5. The normalized spacial score (nSPS) is 22.0. The molecule has 1 aromatic carbocycles. The van der Waals surface area contributed by atoms with E-state index in [1.807, 2.05) is 59.7 Å². The number of anilines is 2. The first-order valence-electron chi connectivity index (χ1n) is 10.6. The number of aliphatic imine (C=N–C) groups is 1. The minimum Gasteiger partial charge on any atom is -0.497 e. The molecule has 2 aliphatic heterocycles. The van der Waals surface area contributed by atoms with Crippen molar-refractivity contribution >= 4 is 23.6 Å². The quantitative estimate of drug-likeness (QED) is 0.761. The van der Waals surface area contributed by atoms with Gasteiger partial charge in [0, 0.05) is 20.6 Å². The highest BCUT2D eigenvalue weighted by atomic mass is 16.5. The summed E-state index contributed by atoms with van der Waals surface area (Å²) in [6, 6.07) is 8.53. The van der Waals surface area contributed by atoms with Crippen LogP contribution in [0.3, 0.4) is 0 Å². The Balaban J connectivity index is 1.63. The zero-order valence-electron chi connectivity index (χ0n) is 18.0. The summed E-state index contributed by atoms with van der Waals surface area (Å²) in [5.74, 6) is 3.12. The Morgan fingerprint density at radius 3 is 2.63 bits per heavy atom. The van der Waals surface area contributed by atoms with Crippen molar-refractivity contribution in [3.05, 3.63) is 35.5 Å². The summed E-state index contributed by atoms with van der Waals surface area (Å²) in [5.41, 5.74) is 1.75. The van der Waals surface area contributed by atoms with E-state index in [9.17, 15) is 4.79 Å². The molecule has 3 aliphatic rings. The van der Waals surface area contributed by atoms with E-state index in [4.69, 9.17) is 14.7 Å². The number of fused-ring (bicyclic) bond motifs is 5. The largest absolute Gasteiger partial charge is 0.497 e. The molecule has 1 aliphatic carbocycles. The lowest BCUT2D eigenvalue weighted by atomic mass is 10.1. The molecule has 1 amide bonds. The molecule has 1 aromatic heterocycles. The van der Waals surface area contributed by atoms with Crippen molar-refractivity contribution in [3.63, 3.8) is 0 Å². The number of hydrogen-bond acceptors (Lipinski definition) is 6. The SMILES string of the molecule is CCN1C(=O)c2c(nc(N(C)C)n2Cc2ccc(OC)cc2)N2C1=N[C@@H]1CCC[C@@H]12. The molecule has 3 heterocycles. The number of hydrogen-bond donors (Lipinski definition) is 0. The number of benzene rings is 1. The molecule has 0 unspecified atom stereocenters. The number of imidazole rings is 1. The highest BCUT2D eigenvalue weighted by Gasteiger charge is 2.49. The van der Waals surface area contributed by atoms with E-state index in [0.29, 0.717) is 24.8 Å². The summed E-state index contributed by atoms with van der Waals surface area (Å²) in [6.07, 6.45) is 3.34. The predicted molar refractivity (Wildman–Crippen MR) is 117 cm³/mol. The second-order valence-electron chi connectivity index (χ2n) is 8.33. The standard InChI is InChI=1S/C22H28N6O2/c1-5-26-20(29)18-19(28-17-8-6-7-16(17)23-22(26)28)24-21(25(2)3)27(18)13-14-9-11-15(30-4)12-10-14/h9-12,16-17H,5-8,13H2,1-4H3/t16-,17+/m1/s1. The van der Waals surface area contributed by atoms with Crippen LogP contribution >= 0.6 is 0 Å². The third kappa shape index (κ3) is 2.69. The summed E-state index contributed by atoms with van der Waals surface area (Å²) < 4.78 is 7.32. The van der Waals surface area contributed by atoms with E-state index in [0.717, 1.165) is 41.9 Å². The molecule has 0 bridgehead atoms. The van der Waals surface area contributed by atoms with Gasteiger partial charge in [-0.25, -0.2) is 4.99 Å². The van der Waals surface area contributed by atoms with E-state index >= 15 is 0 Å². The van der Waals surface area contributed by atoms with Crippen LogP contribution in [-0.4, -0.2) is 66.2 Å². The minimum absolute atomic E-state index is 0.0171. The lowest BCUT2D eigenvalue weighted by Gasteiger charge is -2.35. The number of rotatable bonds is 5. The van der Waals surface area contributed by atoms with Gasteiger partial charge in [-0.2, -0.15) is 4.98 Å². The predicted octanol–water partition coefficient (Wildman–Crippen LogP) is 2.58. The van der Waals surface area contributed by atoms with Gasteiger partial charge in [0.05, 0.1) is 25.7 Å². The van der Waals surface area contributed by atoms with Crippen LogP contribution in [0, 0.1) is 0 Å². The first kappa shape index (κ1) is 19.0. The van der Waals surface area contributed by atoms with Crippen LogP contribution in [-0.2, 0) is 6.54 Å². The van der Waals surface area contributed by atoms with E-state index < -0.39 is 0 Å². The van der Waals surface area contributed by atoms with Gasteiger partial charge in [0.1, 0.15) is 5.75 Å². The maximum atomic E-state index is 13.6. The van der Waals surface area contributed by atoms with Gasteiger partial charge in [0.15, 0.2) is 11.5 Å². The van der Waals surface area contributed by atoms with Gasteiger partial charge >= 0.3 is 0 Å². The molecule has 0 N–H and O–H groups in total. The van der Waals surface area contributed by atoms with E-state index in [1.54, 1.807) is 7.11 Å². The second-order valence-corrected chi connectivity index (χ2v) is 8.33. The average Bonchev–Trinajstić information content (AvgIpc) is 3.42. The fraction of sp³-hybridized carbons (Fsp3) is 0.500. The van der Waals surface area contributed by atoms with Gasteiger partial charge < -0.3 is 9.64 Å². The number of carbonyl (C=O) groups is 1. The molecule has 0 spiro atoms.